The van der Waals surface area contributed by atoms with Gasteiger partial charge in [0.15, 0.2) is 23.2 Å². The van der Waals surface area contributed by atoms with Gasteiger partial charge in [-0.3, -0.25) is 22.9 Å². The zero-order valence-electron chi connectivity index (χ0n) is 35.9. The van der Waals surface area contributed by atoms with Gasteiger partial charge in [0.05, 0.1) is 38.4 Å². The topological polar surface area (TPSA) is 175 Å². The fourth-order valence-corrected chi connectivity index (χ4v) is 9.25. The molecule has 1 saturated heterocycles. The molecule has 1 aliphatic heterocycles. The van der Waals surface area contributed by atoms with E-state index in [1.807, 2.05) is 84.9 Å². The Morgan fingerprint density at radius 3 is 1.82 bits per heavy atom. The van der Waals surface area contributed by atoms with Crippen LogP contribution in [-0.4, -0.2) is 80.9 Å². The number of rotatable bonds is 15. The Morgan fingerprint density at radius 2 is 1.29 bits per heavy atom. The van der Waals surface area contributed by atoms with Crippen LogP contribution in [0.15, 0.2) is 122 Å². The third-order valence-electron chi connectivity index (χ3n) is 9.87. The SMILES string of the molecule is COc1ccc(C(OC[C@H]2O[C@@H](n3cnc4c(NC(=O)c5ccccc5)ncnc43)[C@H](OP(=O)(OC(C)(C)C)OC(C)(C)C)[C@@H]2O)(c2ccccc2)c2ccc(OC)cc2)cc1. The van der Waals surface area contributed by atoms with Gasteiger partial charge in [-0.05, 0) is 94.6 Å². The van der Waals surface area contributed by atoms with Crippen molar-refractivity contribution in [2.75, 3.05) is 26.1 Å². The number of imidazole rings is 1. The summed E-state index contributed by atoms with van der Waals surface area (Å²) in [5.41, 5.74) is -0.0575. The molecule has 0 bridgehead atoms. The van der Waals surface area contributed by atoms with Crippen LogP contribution in [0, 0.1) is 0 Å². The second-order valence-electron chi connectivity index (χ2n) is 16.7. The minimum absolute atomic E-state index is 0.142. The fourth-order valence-electron chi connectivity index (χ4n) is 7.26. The average molecular weight is 866 g/mol. The number of ether oxygens (including phenoxy) is 4. The number of hydrogen-bond acceptors (Lipinski definition) is 13. The first-order valence-corrected chi connectivity index (χ1v) is 21.5. The average Bonchev–Trinajstić information content (AvgIpc) is 3.81. The summed E-state index contributed by atoms with van der Waals surface area (Å²) in [4.78, 5) is 26.6. The first-order chi connectivity index (χ1) is 29.5. The molecule has 3 heterocycles. The van der Waals surface area contributed by atoms with E-state index in [0.29, 0.717) is 17.1 Å². The Bertz CT molecular complexity index is 2420. The van der Waals surface area contributed by atoms with Crippen molar-refractivity contribution < 1.29 is 47.0 Å². The standard InChI is InChI=1S/C46H52N5O10P/c1-44(2,3)60-62(54,61-45(4,5)6)59-39-38(52)36(58-43(39)51-29-49-37-40(47-28-48-41(37)51)50-42(53)30-15-11-9-12-16-30)27-57-46(31-17-13-10-14-18-31,32-19-23-34(55-7)24-20-32)33-21-25-35(56-8)26-22-33/h9-26,28-29,36,38-39,43,52H,27H2,1-8H3,(H,47,48,50,53)/t36-,38-,39-,43-/m1/s1. The van der Waals surface area contributed by atoms with E-state index in [-0.39, 0.29) is 23.6 Å². The molecule has 2 aromatic heterocycles. The molecule has 1 fully saturated rings. The van der Waals surface area contributed by atoms with Crippen molar-refractivity contribution in [1.82, 2.24) is 19.5 Å². The first-order valence-electron chi connectivity index (χ1n) is 20.1. The number of amides is 1. The highest BCUT2D eigenvalue weighted by molar-refractivity contribution is 7.48. The van der Waals surface area contributed by atoms with Gasteiger partial charge in [0, 0.05) is 5.56 Å². The van der Waals surface area contributed by atoms with Gasteiger partial charge in [-0.2, -0.15) is 0 Å². The van der Waals surface area contributed by atoms with E-state index in [2.05, 4.69) is 20.3 Å². The van der Waals surface area contributed by atoms with Crippen molar-refractivity contribution >= 4 is 30.7 Å². The van der Waals surface area contributed by atoms with Crippen molar-refractivity contribution in [3.05, 3.63) is 144 Å². The quantitative estimate of drug-likeness (QED) is 0.0744. The highest BCUT2D eigenvalue weighted by Crippen LogP contribution is 2.58. The molecule has 326 valence electrons. The number of aliphatic hydroxyl groups excluding tert-OH is 1. The summed E-state index contributed by atoms with van der Waals surface area (Å²) in [6.07, 6.45) is -2.53. The number of carbonyl (C=O) groups excluding carboxylic acids is 1. The van der Waals surface area contributed by atoms with Crippen LogP contribution in [0.1, 0.15) is 74.8 Å². The molecule has 0 radical (unpaired) electrons. The number of nitrogens with zero attached hydrogens (tertiary/aromatic N) is 4. The number of aromatic nitrogens is 4. The number of carbonyl (C=O) groups is 1. The predicted octanol–water partition coefficient (Wildman–Crippen LogP) is 8.49. The van der Waals surface area contributed by atoms with Crippen molar-refractivity contribution in [3.8, 4) is 11.5 Å². The summed E-state index contributed by atoms with van der Waals surface area (Å²) in [6.45, 7) is 10.1. The molecule has 62 heavy (non-hydrogen) atoms. The number of nitrogens with one attached hydrogen (secondary N) is 1. The molecule has 4 aromatic carbocycles. The number of aliphatic hydroxyl groups is 1. The highest BCUT2D eigenvalue weighted by Gasteiger charge is 2.53. The van der Waals surface area contributed by atoms with Gasteiger partial charge >= 0.3 is 7.82 Å². The maximum atomic E-state index is 14.7. The molecular weight excluding hydrogens is 814 g/mol. The number of hydrogen-bond donors (Lipinski definition) is 2. The largest absolute Gasteiger partial charge is 0.497 e. The van der Waals surface area contributed by atoms with Crippen LogP contribution in [0.4, 0.5) is 5.82 Å². The first kappa shape index (κ1) is 44.5. The normalized spacial score (nSPS) is 18.5. The molecule has 16 heteroatoms. The molecule has 6 aromatic rings. The molecule has 7 rings (SSSR count). The predicted molar refractivity (Wildman–Crippen MR) is 232 cm³/mol. The number of phosphoric ester groups is 1. The minimum atomic E-state index is -4.48. The molecule has 0 saturated carbocycles. The lowest BCUT2D eigenvalue weighted by Crippen LogP contribution is -2.40. The Balaban J connectivity index is 1.31. The fraction of sp³-hybridized carbons (Fsp3) is 0.348. The maximum absolute atomic E-state index is 14.7. The van der Waals surface area contributed by atoms with Gasteiger partial charge < -0.3 is 29.4 Å². The Kier molecular flexibility index (Phi) is 13.0. The van der Waals surface area contributed by atoms with Gasteiger partial charge in [0.1, 0.15) is 41.7 Å². The van der Waals surface area contributed by atoms with Crippen LogP contribution in [0.5, 0.6) is 11.5 Å². The van der Waals surface area contributed by atoms with Crippen LogP contribution in [0.2, 0.25) is 0 Å². The number of methoxy groups -OCH3 is 2. The van der Waals surface area contributed by atoms with Crippen molar-refractivity contribution in [2.24, 2.45) is 0 Å². The van der Waals surface area contributed by atoms with Crippen LogP contribution in [0.3, 0.4) is 0 Å². The van der Waals surface area contributed by atoms with E-state index in [1.54, 1.807) is 80.0 Å². The van der Waals surface area contributed by atoms with Crippen LogP contribution in [0.25, 0.3) is 11.2 Å². The second-order valence-corrected chi connectivity index (χ2v) is 18.1. The molecular formula is C46H52N5O10P. The third-order valence-corrected chi connectivity index (χ3v) is 11.9. The van der Waals surface area contributed by atoms with Crippen LogP contribution in [-0.2, 0) is 33.2 Å². The lowest BCUT2D eigenvalue weighted by atomic mass is 9.80. The maximum Gasteiger partial charge on any atom is 0.476 e. The zero-order chi connectivity index (χ0) is 44.3. The van der Waals surface area contributed by atoms with Gasteiger partial charge in [0.2, 0.25) is 0 Å². The van der Waals surface area contributed by atoms with Crippen LogP contribution >= 0.6 is 7.82 Å². The van der Waals surface area contributed by atoms with E-state index in [1.165, 1.54) is 17.2 Å². The number of fused-ring (bicyclic) bond motifs is 1. The third kappa shape index (κ3) is 9.74. The summed E-state index contributed by atoms with van der Waals surface area (Å²) >= 11 is 0. The monoisotopic (exact) mass is 865 g/mol. The minimum Gasteiger partial charge on any atom is -0.497 e. The molecule has 2 N–H and O–H groups in total. The number of phosphoric acid groups is 1. The lowest BCUT2D eigenvalue weighted by Gasteiger charge is -2.37. The van der Waals surface area contributed by atoms with E-state index in [4.69, 9.17) is 32.5 Å². The highest BCUT2D eigenvalue weighted by atomic mass is 31.2. The smallest absolute Gasteiger partial charge is 0.476 e. The Morgan fingerprint density at radius 1 is 0.758 bits per heavy atom. The van der Waals surface area contributed by atoms with Crippen molar-refractivity contribution in [1.29, 1.82) is 0 Å². The van der Waals surface area contributed by atoms with Crippen molar-refractivity contribution in [3.63, 3.8) is 0 Å². The molecule has 0 spiro atoms. The Hall–Kier alpha value is -5.51. The summed E-state index contributed by atoms with van der Waals surface area (Å²) in [5, 5.41) is 15.2. The van der Waals surface area contributed by atoms with Crippen LogP contribution < -0.4 is 14.8 Å². The lowest BCUT2D eigenvalue weighted by molar-refractivity contribution is -0.0947. The summed E-state index contributed by atoms with van der Waals surface area (Å²) in [5.74, 6) is 1.05. The molecule has 0 unspecified atom stereocenters. The molecule has 15 nitrogen and oxygen atoms in total. The summed E-state index contributed by atoms with van der Waals surface area (Å²) in [7, 11) is -1.28. The van der Waals surface area contributed by atoms with Crippen molar-refractivity contribution in [2.45, 2.75) is 82.9 Å². The Labute approximate surface area is 360 Å². The number of anilines is 1. The summed E-state index contributed by atoms with van der Waals surface area (Å²) < 4.78 is 59.5. The zero-order valence-corrected chi connectivity index (χ0v) is 36.8. The molecule has 4 atom stereocenters. The van der Waals surface area contributed by atoms with E-state index in [0.717, 1.165) is 16.7 Å². The van der Waals surface area contributed by atoms with Gasteiger partial charge in [-0.25, -0.2) is 19.5 Å². The van der Waals surface area contributed by atoms with Gasteiger partial charge in [-0.15, -0.1) is 0 Å². The van der Waals surface area contributed by atoms with E-state index in [9.17, 15) is 14.5 Å². The molecule has 1 aliphatic rings. The van der Waals surface area contributed by atoms with Gasteiger partial charge in [-0.1, -0.05) is 72.8 Å². The number of benzene rings is 4. The second kappa shape index (κ2) is 18.1. The van der Waals surface area contributed by atoms with Gasteiger partial charge in [0.25, 0.3) is 5.91 Å². The molecule has 1 amide bonds. The van der Waals surface area contributed by atoms with E-state index >= 15 is 0 Å². The summed E-state index contributed by atoms with van der Waals surface area (Å²) in [6, 6.07) is 33.5. The molecule has 0 aliphatic carbocycles. The van der Waals surface area contributed by atoms with E-state index < -0.39 is 55.1 Å².